The molecule has 9 heteroatoms. The number of nitrogens with one attached hydrogen (secondary N) is 2. The minimum absolute atomic E-state index is 0.182. The van der Waals surface area contributed by atoms with Crippen molar-refractivity contribution in [2.45, 2.75) is 58.2 Å². The van der Waals surface area contributed by atoms with Gasteiger partial charge in [-0.3, -0.25) is 9.55 Å². The van der Waals surface area contributed by atoms with E-state index in [1.54, 1.807) is 0 Å². The number of nitrogen functional groups attached to an aromatic ring is 1. The molecule has 3 heterocycles. The van der Waals surface area contributed by atoms with Gasteiger partial charge in [0.2, 0.25) is 0 Å². The number of fused-ring (bicyclic) bond motifs is 1. The summed E-state index contributed by atoms with van der Waals surface area (Å²) in [6, 6.07) is 4.79. The average Bonchev–Trinajstić information content (AvgIpc) is 2.98. The molecular formula is C20H27N7O2. The SMILES string of the molecule is CCCCOc1nc(N)c2[nH]c(=O)n(Cc3ccc(CNC4CCC4)cn3)c2n1. The highest BCUT2D eigenvalue weighted by Gasteiger charge is 2.17. The summed E-state index contributed by atoms with van der Waals surface area (Å²) in [6.45, 7) is 3.69. The molecule has 3 aromatic heterocycles. The number of ether oxygens (including phenoxy) is 1. The van der Waals surface area contributed by atoms with Crippen LogP contribution in [-0.4, -0.2) is 37.2 Å². The molecule has 3 aromatic rings. The molecular weight excluding hydrogens is 370 g/mol. The summed E-state index contributed by atoms with van der Waals surface area (Å²) >= 11 is 0. The van der Waals surface area contributed by atoms with Gasteiger partial charge in [0, 0.05) is 18.8 Å². The van der Waals surface area contributed by atoms with Gasteiger partial charge in [0.15, 0.2) is 11.5 Å². The third kappa shape index (κ3) is 4.40. The molecule has 154 valence electrons. The summed E-state index contributed by atoms with van der Waals surface area (Å²) in [5.41, 5.74) is 8.43. The number of hydrogen-bond donors (Lipinski definition) is 3. The Morgan fingerprint density at radius 1 is 1.34 bits per heavy atom. The highest BCUT2D eigenvalue weighted by molar-refractivity contribution is 5.81. The fourth-order valence-corrected chi connectivity index (χ4v) is 3.24. The van der Waals surface area contributed by atoms with Gasteiger partial charge in [-0.25, -0.2) is 4.79 Å². The lowest BCUT2D eigenvalue weighted by atomic mass is 9.93. The Morgan fingerprint density at radius 2 is 2.21 bits per heavy atom. The Bertz CT molecular complexity index is 1020. The van der Waals surface area contributed by atoms with Crippen molar-refractivity contribution in [1.82, 2.24) is 29.8 Å². The molecule has 0 amide bonds. The smallest absolute Gasteiger partial charge is 0.328 e. The number of aromatic nitrogens is 5. The zero-order valence-electron chi connectivity index (χ0n) is 16.6. The number of nitrogens with zero attached hydrogens (tertiary/aromatic N) is 4. The summed E-state index contributed by atoms with van der Waals surface area (Å²) in [7, 11) is 0. The molecule has 0 radical (unpaired) electrons. The van der Waals surface area contributed by atoms with Crippen LogP contribution in [0.15, 0.2) is 23.1 Å². The molecule has 1 fully saturated rings. The molecule has 0 unspecified atom stereocenters. The second kappa shape index (κ2) is 8.60. The van der Waals surface area contributed by atoms with Crippen LogP contribution in [0, 0.1) is 0 Å². The minimum Gasteiger partial charge on any atom is -0.463 e. The Labute approximate surface area is 168 Å². The minimum atomic E-state index is -0.302. The van der Waals surface area contributed by atoms with Crippen LogP contribution < -0.4 is 21.5 Å². The van der Waals surface area contributed by atoms with E-state index in [0.29, 0.717) is 30.4 Å². The van der Waals surface area contributed by atoms with Gasteiger partial charge in [-0.05, 0) is 30.9 Å². The first-order chi connectivity index (χ1) is 14.1. The number of H-pyrrole nitrogens is 1. The van der Waals surface area contributed by atoms with E-state index in [-0.39, 0.29) is 17.5 Å². The quantitative estimate of drug-likeness (QED) is 0.472. The van der Waals surface area contributed by atoms with Crippen LogP contribution in [0.2, 0.25) is 0 Å². The zero-order valence-corrected chi connectivity index (χ0v) is 16.6. The van der Waals surface area contributed by atoms with Gasteiger partial charge in [-0.15, -0.1) is 0 Å². The second-order valence-electron chi connectivity index (χ2n) is 7.47. The number of hydrogen-bond acceptors (Lipinski definition) is 7. The highest BCUT2D eigenvalue weighted by Crippen LogP contribution is 2.19. The number of anilines is 1. The predicted octanol–water partition coefficient (Wildman–Crippen LogP) is 1.97. The van der Waals surface area contributed by atoms with Crippen molar-refractivity contribution in [2.24, 2.45) is 0 Å². The molecule has 4 rings (SSSR count). The van der Waals surface area contributed by atoms with Gasteiger partial charge in [0.25, 0.3) is 0 Å². The molecule has 0 bridgehead atoms. The average molecular weight is 397 g/mol. The molecule has 0 atom stereocenters. The first kappa shape index (κ1) is 19.4. The van der Waals surface area contributed by atoms with E-state index in [9.17, 15) is 4.79 Å². The maximum Gasteiger partial charge on any atom is 0.328 e. The molecule has 0 aliphatic heterocycles. The van der Waals surface area contributed by atoms with E-state index in [0.717, 1.165) is 30.6 Å². The maximum atomic E-state index is 12.5. The monoisotopic (exact) mass is 397 g/mol. The summed E-state index contributed by atoms with van der Waals surface area (Å²) < 4.78 is 7.08. The van der Waals surface area contributed by atoms with Crippen molar-refractivity contribution in [3.8, 4) is 6.01 Å². The van der Waals surface area contributed by atoms with Crippen LogP contribution in [0.5, 0.6) is 6.01 Å². The van der Waals surface area contributed by atoms with Crippen molar-refractivity contribution < 1.29 is 4.74 Å². The Kier molecular flexibility index (Phi) is 5.75. The standard InChI is InChI=1S/C20H27N7O2/c1-2-3-9-29-19-25-17(21)16-18(26-19)27(20(28)24-16)12-15-8-7-13(11-23-15)10-22-14-5-4-6-14/h7-8,11,14,22H,2-6,9-10,12H2,1H3,(H,24,28)(H2,21,25,26). The van der Waals surface area contributed by atoms with Crippen molar-refractivity contribution >= 4 is 17.0 Å². The third-order valence-corrected chi connectivity index (χ3v) is 5.27. The summed E-state index contributed by atoms with van der Waals surface area (Å²) in [5.74, 6) is 0.197. The van der Waals surface area contributed by atoms with Crippen molar-refractivity contribution in [3.05, 3.63) is 40.1 Å². The maximum absolute atomic E-state index is 12.5. The molecule has 9 nitrogen and oxygen atoms in total. The summed E-state index contributed by atoms with van der Waals surface area (Å²) in [5, 5.41) is 3.52. The van der Waals surface area contributed by atoms with Crippen molar-refractivity contribution in [3.63, 3.8) is 0 Å². The van der Waals surface area contributed by atoms with E-state index in [1.165, 1.54) is 23.8 Å². The Balaban J connectivity index is 1.51. The predicted molar refractivity (Wildman–Crippen MR) is 111 cm³/mol. The van der Waals surface area contributed by atoms with Gasteiger partial charge in [0.05, 0.1) is 18.8 Å². The number of rotatable bonds is 9. The van der Waals surface area contributed by atoms with E-state index >= 15 is 0 Å². The van der Waals surface area contributed by atoms with Crippen LogP contribution in [0.1, 0.15) is 50.3 Å². The molecule has 0 spiro atoms. The van der Waals surface area contributed by atoms with E-state index in [2.05, 4.69) is 32.2 Å². The fourth-order valence-electron chi connectivity index (χ4n) is 3.24. The number of aromatic amines is 1. The zero-order chi connectivity index (χ0) is 20.2. The molecule has 4 N–H and O–H groups in total. The van der Waals surface area contributed by atoms with E-state index in [4.69, 9.17) is 10.5 Å². The lowest BCUT2D eigenvalue weighted by Gasteiger charge is -2.26. The molecule has 1 aliphatic carbocycles. The highest BCUT2D eigenvalue weighted by atomic mass is 16.5. The van der Waals surface area contributed by atoms with Crippen LogP contribution in [-0.2, 0) is 13.1 Å². The first-order valence-corrected chi connectivity index (χ1v) is 10.2. The topological polar surface area (TPSA) is 124 Å². The van der Waals surface area contributed by atoms with Gasteiger partial charge in [-0.1, -0.05) is 25.8 Å². The van der Waals surface area contributed by atoms with Gasteiger partial charge in [0.1, 0.15) is 5.52 Å². The van der Waals surface area contributed by atoms with Crippen LogP contribution in [0.4, 0.5) is 5.82 Å². The molecule has 1 aliphatic rings. The fraction of sp³-hybridized carbons (Fsp3) is 0.500. The lowest BCUT2D eigenvalue weighted by molar-refractivity contribution is 0.286. The number of unbranched alkanes of at least 4 members (excludes halogenated alkanes) is 1. The largest absolute Gasteiger partial charge is 0.463 e. The van der Waals surface area contributed by atoms with E-state index < -0.39 is 0 Å². The summed E-state index contributed by atoms with van der Waals surface area (Å²) in [4.78, 5) is 28.2. The number of pyridine rings is 1. The Morgan fingerprint density at radius 3 is 2.90 bits per heavy atom. The molecule has 1 saturated carbocycles. The van der Waals surface area contributed by atoms with Crippen LogP contribution >= 0.6 is 0 Å². The molecule has 29 heavy (non-hydrogen) atoms. The lowest BCUT2D eigenvalue weighted by Crippen LogP contribution is -2.34. The molecule has 0 aromatic carbocycles. The van der Waals surface area contributed by atoms with Crippen LogP contribution in [0.25, 0.3) is 11.2 Å². The van der Waals surface area contributed by atoms with E-state index in [1.807, 2.05) is 18.3 Å². The van der Waals surface area contributed by atoms with Gasteiger partial charge >= 0.3 is 11.7 Å². The Hall–Kier alpha value is -2.94. The van der Waals surface area contributed by atoms with Gasteiger partial charge < -0.3 is 20.8 Å². The molecule has 0 saturated heterocycles. The van der Waals surface area contributed by atoms with Crippen LogP contribution in [0.3, 0.4) is 0 Å². The summed E-state index contributed by atoms with van der Waals surface area (Å²) in [6.07, 6.45) is 7.57. The van der Waals surface area contributed by atoms with Crippen molar-refractivity contribution in [2.75, 3.05) is 12.3 Å². The van der Waals surface area contributed by atoms with Crippen molar-refractivity contribution in [1.29, 1.82) is 0 Å². The number of imidazole rings is 1. The first-order valence-electron chi connectivity index (χ1n) is 10.2. The normalized spacial score (nSPS) is 14.2. The number of nitrogens with two attached hydrogens (primary N) is 1. The van der Waals surface area contributed by atoms with Gasteiger partial charge in [-0.2, -0.15) is 9.97 Å². The third-order valence-electron chi connectivity index (χ3n) is 5.27. The second-order valence-corrected chi connectivity index (χ2v) is 7.47.